The Hall–Kier alpha value is -1.39. The zero-order valence-corrected chi connectivity index (χ0v) is 11.5. The first kappa shape index (κ1) is 15.7. The summed E-state index contributed by atoms with van der Waals surface area (Å²) in [6.07, 6.45) is -0.0892. The van der Waals surface area contributed by atoms with Crippen molar-refractivity contribution in [1.29, 1.82) is 0 Å². The first-order chi connectivity index (χ1) is 9.02. The summed E-state index contributed by atoms with van der Waals surface area (Å²) >= 11 is 0. The van der Waals surface area contributed by atoms with Crippen LogP contribution in [0.5, 0.6) is 0 Å². The summed E-state index contributed by atoms with van der Waals surface area (Å²) in [6.45, 7) is 4.54. The van der Waals surface area contributed by atoms with Crippen LogP contribution in [0.25, 0.3) is 0 Å². The van der Waals surface area contributed by atoms with Crippen molar-refractivity contribution in [2.24, 2.45) is 5.92 Å². The van der Waals surface area contributed by atoms with Gasteiger partial charge in [0.25, 0.3) is 0 Å². The number of hydrogen-bond acceptors (Lipinski definition) is 3. The molecule has 0 aliphatic carbocycles. The first-order valence-electron chi connectivity index (χ1n) is 6.57. The summed E-state index contributed by atoms with van der Waals surface area (Å²) in [6, 6.07) is 7.79. The number of rotatable bonds is 8. The highest BCUT2D eigenvalue weighted by atomic mass is 16.5. The van der Waals surface area contributed by atoms with E-state index in [-0.39, 0.29) is 13.0 Å². The van der Waals surface area contributed by atoms with Crippen LogP contribution in [0.4, 0.5) is 0 Å². The number of carbonyl (C=O) groups is 1. The maximum Gasteiger partial charge on any atom is 0.306 e. The van der Waals surface area contributed by atoms with Crippen molar-refractivity contribution in [3.05, 3.63) is 35.4 Å². The van der Waals surface area contributed by atoms with Gasteiger partial charge in [0.1, 0.15) is 0 Å². The van der Waals surface area contributed by atoms with E-state index in [1.807, 2.05) is 38.1 Å². The Kier molecular flexibility index (Phi) is 6.53. The van der Waals surface area contributed by atoms with Crippen LogP contribution in [0.1, 0.15) is 24.5 Å². The summed E-state index contributed by atoms with van der Waals surface area (Å²) in [5, 5.41) is 18.9. The van der Waals surface area contributed by atoms with Crippen LogP contribution in [0.3, 0.4) is 0 Å². The highest BCUT2D eigenvalue weighted by molar-refractivity contribution is 5.70. The molecule has 2 unspecified atom stereocenters. The molecular formula is C15H22O4. The molecule has 4 nitrogen and oxygen atoms in total. The number of benzene rings is 1. The molecule has 0 fully saturated rings. The van der Waals surface area contributed by atoms with Gasteiger partial charge in [-0.25, -0.2) is 0 Å². The molecule has 1 rings (SSSR count). The molecule has 1 aromatic rings. The van der Waals surface area contributed by atoms with Crippen molar-refractivity contribution in [1.82, 2.24) is 0 Å². The van der Waals surface area contributed by atoms with Gasteiger partial charge in [-0.1, -0.05) is 29.8 Å². The number of carboxylic acids is 1. The minimum atomic E-state index is -0.879. The second-order valence-electron chi connectivity index (χ2n) is 4.77. The van der Waals surface area contributed by atoms with Gasteiger partial charge in [0.15, 0.2) is 0 Å². The Labute approximate surface area is 114 Å². The minimum absolute atomic E-state index is 0.189. The predicted molar refractivity (Wildman–Crippen MR) is 73.1 cm³/mol. The van der Waals surface area contributed by atoms with Gasteiger partial charge < -0.3 is 14.9 Å². The van der Waals surface area contributed by atoms with Gasteiger partial charge in [-0.15, -0.1) is 0 Å². The van der Waals surface area contributed by atoms with E-state index in [4.69, 9.17) is 4.74 Å². The Morgan fingerprint density at radius 1 is 1.32 bits per heavy atom. The van der Waals surface area contributed by atoms with E-state index in [9.17, 15) is 15.0 Å². The van der Waals surface area contributed by atoms with Crippen molar-refractivity contribution >= 4 is 5.97 Å². The van der Waals surface area contributed by atoms with Crippen LogP contribution in [0.15, 0.2) is 24.3 Å². The third-order valence-corrected chi connectivity index (χ3v) is 3.02. The Morgan fingerprint density at radius 3 is 2.47 bits per heavy atom. The van der Waals surface area contributed by atoms with Gasteiger partial charge in [-0.3, -0.25) is 4.79 Å². The number of carboxylic acid groups (broad SMARTS) is 1. The molecule has 0 saturated carbocycles. The highest BCUT2D eigenvalue weighted by Gasteiger charge is 2.21. The molecule has 0 spiro atoms. The molecule has 0 radical (unpaired) electrons. The molecule has 2 atom stereocenters. The highest BCUT2D eigenvalue weighted by Crippen LogP contribution is 2.16. The number of aliphatic hydroxyl groups excluding tert-OH is 1. The second kappa shape index (κ2) is 7.92. The fourth-order valence-electron chi connectivity index (χ4n) is 1.93. The molecule has 0 saturated heterocycles. The number of aliphatic carboxylic acids is 1. The lowest BCUT2D eigenvalue weighted by molar-refractivity contribution is -0.143. The van der Waals surface area contributed by atoms with E-state index < -0.39 is 18.0 Å². The Bertz CT molecular complexity index is 386. The van der Waals surface area contributed by atoms with Crippen molar-refractivity contribution in [2.45, 2.75) is 32.8 Å². The minimum Gasteiger partial charge on any atom is -0.481 e. The zero-order chi connectivity index (χ0) is 14.3. The fraction of sp³-hybridized carbons (Fsp3) is 0.533. The molecule has 0 bridgehead atoms. The molecule has 0 aliphatic heterocycles. The fourth-order valence-corrected chi connectivity index (χ4v) is 1.93. The number of hydrogen-bond donors (Lipinski definition) is 2. The molecule has 19 heavy (non-hydrogen) atoms. The lowest BCUT2D eigenvalue weighted by Gasteiger charge is -2.17. The topological polar surface area (TPSA) is 66.8 Å². The average molecular weight is 266 g/mol. The summed E-state index contributed by atoms with van der Waals surface area (Å²) < 4.78 is 5.10. The van der Waals surface area contributed by atoms with E-state index in [2.05, 4.69) is 0 Å². The van der Waals surface area contributed by atoms with E-state index >= 15 is 0 Å². The third-order valence-electron chi connectivity index (χ3n) is 3.02. The number of aryl methyl sites for hydroxylation is 1. The largest absolute Gasteiger partial charge is 0.481 e. The molecule has 0 heterocycles. The van der Waals surface area contributed by atoms with E-state index in [1.165, 1.54) is 0 Å². The number of ether oxygens (including phenoxy) is 1. The monoisotopic (exact) mass is 266 g/mol. The van der Waals surface area contributed by atoms with Crippen LogP contribution in [0.2, 0.25) is 0 Å². The second-order valence-corrected chi connectivity index (χ2v) is 4.77. The van der Waals surface area contributed by atoms with Crippen LogP contribution < -0.4 is 0 Å². The third kappa shape index (κ3) is 5.85. The van der Waals surface area contributed by atoms with E-state index in [0.717, 1.165) is 11.1 Å². The first-order valence-corrected chi connectivity index (χ1v) is 6.57. The van der Waals surface area contributed by atoms with Crippen LogP contribution in [0, 0.1) is 12.8 Å². The van der Waals surface area contributed by atoms with Gasteiger partial charge in [-0.2, -0.15) is 0 Å². The molecule has 4 heteroatoms. The molecule has 0 aromatic heterocycles. The van der Waals surface area contributed by atoms with E-state index in [0.29, 0.717) is 13.0 Å². The van der Waals surface area contributed by atoms with Gasteiger partial charge in [0, 0.05) is 6.61 Å². The molecule has 1 aromatic carbocycles. The normalized spacial score (nSPS) is 14.1. The summed E-state index contributed by atoms with van der Waals surface area (Å²) in [5.41, 5.74) is 2.12. The Balaban J connectivity index is 2.57. The maximum atomic E-state index is 11.2. The average Bonchev–Trinajstić information content (AvgIpc) is 2.38. The van der Waals surface area contributed by atoms with Gasteiger partial charge in [0.05, 0.1) is 18.6 Å². The quantitative estimate of drug-likeness (QED) is 0.755. The van der Waals surface area contributed by atoms with Crippen molar-refractivity contribution in [3.63, 3.8) is 0 Å². The standard InChI is InChI=1S/C15H22O4/c1-3-19-10-14(16)9-13(15(17)18)8-12-6-4-11(2)5-7-12/h4-7,13-14,16H,3,8-10H2,1-2H3,(H,17,18). The Morgan fingerprint density at radius 2 is 1.95 bits per heavy atom. The van der Waals surface area contributed by atoms with Crippen LogP contribution in [-0.4, -0.2) is 35.5 Å². The SMILES string of the molecule is CCOCC(O)CC(Cc1ccc(C)cc1)C(=O)O. The lowest BCUT2D eigenvalue weighted by atomic mass is 9.93. The van der Waals surface area contributed by atoms with Crippen molar-refractivity contribution < 1.29 is 19.7 Å². The summed E-state index contributed by atoms with van der Waals surface area (Å²) in [4.78, 5) is 11.2. The molecule has 0 aliphatic rings. The summed E-state index contributed by atoms with van der Waals surface area (Å²) in [7, 11) is 0. The van der Waals surface area contributed by atoms with Crippen molar-refractivity contribution in [2.75, 3.05) is 13.2 Å². The van der Waals surface area contributed by atoms with Gasteiger partial charge in [0.2, 0.25) is 0 Å². The molecule has 106 valence electrons. The van der Waals surface area contributed by atoms with Gasteiger partial charge >= 0.3 is 5.97 Å². The van der Waals surface area contributed by atoms with E-state index in [1.54, 1.807) is 0 Å². The summed E-state index contributed by atoms with van der Waals surface area (Å²) in [5.74, 6) is -1.46. The van der Waals surface area contributed by atoms with Crippen molar-refractivity contribution in [3.8, 4) is 0 Å². The zero-order valence-electron chi connectivity index (χ0n) is 11.5. The molecule has 2 N–H and O–H groups in total. The number of aliphatic hydroxyl groups is 1. The maximum absolute atomic E-state index is 11.2. The molecule has 0 amide bonds. The van der Waals surface area contributed by atoms with Gasteiger partial charge in [-0.05, 0) is 32.3 Å². The smallest absolute Gasteiger partial charge is 0.306 e. The lowest BCUT2D eigenvalue weighted by Crippen LogP contribution is -2.25. The predicted octanol–water partition coefficient (Wildman–Crippen LogP) is 2.03. The van der Waals surface area contributed by atoms with Crippen LogP contribution in [-0.2, 0) is 16.0 Å². The molecular weight excluding hydrogens is 244 g/mol. The van der Waals surface area contributed by atoms with Crippen LogP contribution >= 0.6 is 0 Å².